The molecule has 0 radical (unpaired) electrons. The summed E-state index contributed by atoms with van der Waals surface area (Å²) in [6, 6.07) is 1.65. The van der Waals surface area contributed by atoms with Crippen LogP contribution in [0.3, 0.4) is 0 Å². The number of nitrogens with zero attached hydrogens (tertiary/aromatic N) is 1. The third-order valence-corrected chi connectivity index (χ3v) is 5.61. The summed E-state index contributed by atoms with van der Waals surface area (Å²) in [5, 5.41) is 19.1. The average Bonchev–Trinajstić information content (AvgIpc) is 3.44. The Morgan fingerprint density at radius 2 is 1.93 bits per heavy atom. The second-order valence-electron chi connectivity index (χ2n) is 7.33. The Morgan fingerprint density at radius 1 is 1.22 bits per heavy atom. The van der Waals surface area contributed by atoms with Crippen molar-refractivity contribution >= 4 is 17.2 Å². The van der Waals surface area contributed by atoms with Crippen LogP contribution in [-0.2, 0) is 4.79 Å². The molecule has 1 aromatic carbocycles. The lowest BCUT2D eigenvalue weighted by molar-refractivity contribution is -0.131. The van der Waals surface area contributed by atoms with Crippen molar-refractivity contribution in [3.05, 3.63) is 58.8 Å². The number of nitrogen functional groups attached to an aromatic ring is 1. The quantitative estimate of drug-likeness (QED) is 0.560. The third-order valence-electron chi connectivity index (χ3n) is 5.61. The predicted octanol–water partition coefficient (Wildman–Crippen LogP) is 2.32. The van der Waals surface area contributed by atoms with Gasteiger partial charge in [0.05, 0.1) is 17.3 Å². The van der Waals surface area contributed by atoms with Gasteiger partial charge in [-0.05, 0) is 49.0 Å². The van der Waals surface area contributed by atoms with Gasteiger partial charge in [0, 0.05) is 23.7 Å². The van der Waals surface area contributed by atoms with Gasteiger partial charge in [0.2, 0.25) is 0 Å². The van der Waals surface area contributed by atoms with Crippen LogP contribution in [-0.4, -0.2) is 33.4 Å². The van der Waals surface area contributed by atoms with Crippen molar-refractivity contribution in [3.63, 3.8) is 0 Å². The number of hydrogen-bond acceptors (Lipinski definition) is 4. The number of rotatable bonds is 3. The number of aliphatic hydroxyl groups excluding tert-OH is 1. The second-order valence-corrected chi connectivity index (χ2v) is 7.33. The second kappa shape index (κ2) is 6.28. The molecule has 1 fully saturated rings. The lowest BCUT2D eigenvalue weighted by atomic mass is 9.79. The van der Waals surface area contributed by atoms with E-state index in [1.165, 1.54) is 11.1 Å². The highest BCUT2D eigenvalue weighted by atomic mass is 19.1. The molecule has 0 bridgehead atoms. The van der Waals surface area contributed by atoms with Crippen LogP contribution in [0.2, 0.25) is 0 Å². The highest BCUT2D eigenvalue weighted by Crippen LogP contribution is 2.47. The number of aliphatic hydroxyl groups is 2. The first-order chi connectivity index (χ1) is 12.8. The summed E-state index contributed by atoms with van der Waals surface area (Å²) in [7, 11) is 0. The number of carbonyl (C=O) groups is 1. The molecular formula is C20H20F2N2O3. The standard InChI is InChI=1S/C20H20F2N2O3/c1-9-11(13-7-16(22)17(23)8-15(13)21)4-5-24-18(9)12(10-2-3-10)6-14(19(24)25)20(26)27/h4-8,10,12,18,20,26-27H,2-3,23H2,1H3. The van der Waals surface area contributed by atoms with Gasteiger partial charge in [-0.3, -0.25) is 4.79 Å². The van der Waals surface area contributed by atoms with Gasteiger partial charge in [-0.15, -0.1) is 0 Å². The molecule has 0 spiro atoms. The van der Waals surface area contributed by atoms with E-state index >= 15 is 0 Å². The molecule has 1 amide bonds. The van der Waals surface area contributed by atoms with Crippen molar-refractivity contribution in [3.8, 4) is 0 Å². The zero-order chi connectivity index (χ0) is 19.5. The van der Waals surface area contributed by atoms with Gasteiger partial charge >= 0.3 is 0 Å². The summed E-state index contributed by atoms with van der Waals surface area (Å²) in [6.45, 7) is 1.79. The lowest BCUT2D eigenvalue weighted by Gasteiger charge is -2.42. The number of anilines is 1. The maximum atomic E-state index is 14.5. The van der Waals surface area contributed by atoms with Crippen molar-refractivity contribution in [2.75, 3.05) is 5.73 Å². The zero-order valence-electron chi connectivity index (χ0n) is 14.7. The van der Waals surface area contributed by atoms with Crippen LogP contribution in [0.1, 0.15) is 25.3 Å². The van der Waals surface area contributed by atoms with E-state index in [1.807, 2.05) is 0 Å². The van der Waals surface area contributed by atoms with Crippen LogP contribution in [0.15, 0.2) is 41.6 Å². The Bertz CT molecular complexity index is 916. The lowest BCUT2D eigenvalue weighted by Crippen LogP contribution is -2.49. The normalized spacial score (nSPS) is 25.2. The molecule has 2 unspecified atom stereocenters. The smallest absolute Gasteiger partial charge is 0.259 e. The van der Waals surface area contributed by atoms with Gasteiger partial charge in [0.15, 0.2) is 6.29 Å². The first-order valence-corrected chi connectivity index (χ1v) is 8.84. The molecule has 0 aromatic heterocycles. The van der Waals surface area contributed by atoms with Crippen molar-refractivity contribution in [1.82, 2.24) is 4.90 Å². The van der Waals surface area contributed by atoms with Crippen LogP contribution in [0.5, 0.6) is 0 Å². The first kappa shape index (κ1) is 17.9. The third kappa shape index (κ3) is 2.87. The highest BCUT2D eigenvalue weighted by Gasteiger charge is 2.46. The minimum atomic E-state index is -1.84. The number of amides is 1. The van der Waals surface area contributed by atoms with Crippen molar-refractivity contribution in [2.24, 2.45) is 11.8 Å². The molecule has 2 atom stereocenters. The minimum Gasteiger partial charge on any atom is -0.396 e. The SMILES string of the molecule is CC1=C(c2cc(F)c(N)cc2F)C=CN2C(=O)C(C(O)O)=CC(C3CC3)C12. The Kier molecular flexibility index (Phi) is 4.16. The molecule has 4 N–H and O–H groups in total. The molecule has 7 heteroatoms. The summed E-state index contributed by atoms with van der Waals surface area (Å²) >= 11 is 0. The predicted molar refractivity (Wildman–Crippen MR) is 95.7 cm³/mol. The number of allylic oxidation sites excluding steroid dienone is 2. The van der Waals surface area contributed by atoms with E-state index in [2.05, 4.69) is 0 Å². The molecule has 142 valence electrons. The van der Waals surface area contributed by atoms with Crippen LogP contribution in [0.25, 0.3) is 5.57 Å². The summed E-state index contributed by atoms with van der Waals surface area (Å²) in [4.78, 5) is 14.1. The fourth-order valence-corrected chi connectivity index (χ4v) is 4.08. The first-order valence-electron chi connectivity index (χ1n) is 8.84. The Hall–Kier alpha value is -2.51. The number of hydrogen-bond donors (Lipinski definition) is 3. The van der Waals surface area contributed by atoms with Gasteiger partial charge in [0.1, 0.15) is 11.6 Å². The maximum absolute atomic E-state index is 14.5. The van der Waals surface area contributed by atoms with Crippen LogP contribution in [0.4, 0.5) is 14.5 Å². The molecule has 1 saturated carbocycles. The van der Waals surface area contributed by atoms with Crippen molar-refractivity contribution in [2.45, 2.75) is 32.1 Å². The Morgan fingerprint density at radius 3 is 2.56 bits per heavy atom. The summed E-state index contributed by atoms with van der Waals surface area (Å²) < 4.78 is 28.4. The number of carbonyl (C=O) groups excluding carboxylic acids is 1. The van der Waals surface area contributed by atoms with Gasteiger partial charge in [-0.25, -0.2) is 8.78 Å². The van der Waals surface area contributed by atoms with Crippen molar-refractivity contribution in [1.29, 1.82) is 0 Å². The van der Waals surface area contributed by atoms with Gasteiger partial charge in [-0.1, -0.05) is 6.08 Å². The van der Waals surface area contributed by atoms with Gasteiger partial charge < -0.3 is 20.8 Å². The molecular weight excluding hydrogens is 354 g/mol. The molecule has 3 aliphatic rings. The summed E-state index contributed by atoms with van der Waals surface area (Å²) in [5.41, 5.74) is 6.46. The van der Waals surface area contributed by atoms with Crippen molar-refractivity contribution < 1.29 is 23.8 Å². The summed E-state index contributed by atoms with van der Waals surface area (Å²) in [6.07, 6.45) is 4.80. The molecule has 5 nitrogen and oxygen atoms in total. The largest absolute Gasteiger partial charge is 0.396 e. The molecule has 2 aliphatic heterocycles. The average molecular weight is 374 g/mol. The van der Waals surface area contributed by atoms with E-state index in [1.54, 1.807) is 19.1 Å². The van der Waals surface area contributed by atoms with Crippen LogP contribution < -0.4 is 5.73 Å². The van der Waals surface area contributed by atoms with E-state index < -0.39 is 23.8 Å². The number of fused-ring (bicyclic) bond motifs is 1. The molecule has 4 rings (SSSR count). The van der Waals surface area contributed by atoms with E-state index in [4.69, 9.17) is 5.73 Å². The zero-order valence-corrected chi connectivity index (χ0v) is 14.7. The Balaban J connectivity index is 1.83. The molecule has 2 heterocycles. The Labute approximate surface area is 155 Å². The van der Waals surface area contributed by atoms with E-state index in [9.17, 15) is 23.8 Å². The monoisotopic (exact) mass is 374 g/mol. The maximum Gasteiger partial charge on any atom is 0.259 e. The molecule has 1 aliphatic carbocycles. The van der Waals surface area contributed by atoms with Gasteiger partial charge in [-0.2, -0.15) is 0 Å². The van der Waals surface area contributed by atoms with Crippen LogP contribution >= 0.6 is 0 Å². The van der Waals surface area contributed by atoms with Gasteiger partial charge in [0.25, 0.3) is 5.91 Å². The fraction of sp³-hybridized carbons (Fsp3) is 0.350. The fourth-order valence-electron chi connectivity index (χ4n) is 4.08. The summed E-state index contributed by atoms with van der Waals surface area (Å²) in [5.74, 6) is -1.62. The topological polar surface area (TPSA) is 86.8 Å². The number of benzene rings is 1. The molecule has 1 aromatic rings. The van der Waals surface area contributed by atoms with E-state index in [0.717, 1.165) is 30.5 Å². The highest BCUT2D eigenvalue weighted by molar-refractivity contribution is 5.97. The molecule has 27 heavy (non-hydrogen) atoms. The van der Waals surface area contributed by atoms with E-state index in [-0.39, 0.29) is 28.8 Å². The molecule has 0 saturated heterocycles. The van der Waals surface area contributed by atoms with Crippen LogP contribution in [0, 0.1) is 23.5 Å². The minimum absolute atomic E-state index is 0.0474. The van der Waals surface area contributed by atoms with E-state index in [0.29, 0.717) is 11.5 Å². The number of halogens is 2. The number of nitrogens with two attached hydrogens (primary N) is 1.